The number of nitrogens with zero attached hydrogens (tertiary/aromatic N) is 2. The highest BCUT2D eigenvalue weighted by atomic mass is 35.5. The Kier molecular flexibility index (Phi) is 5.04. The van der Waals surface area contributed by atoms with Crippen molar-refractivity contribution in [1.82, 2.24) is 9.80 Å². The lowest BCUT2D eigenvalue weighted by molar-refractivity contribution is 0.149. The molecule has 116 valence electrons. The van der Waals surface area contributed by atoms with Crippen LogP contribution in [0.5, 0.6) is 0 Å². The zero-order valence-electron chi connectivity index (χ0n) is 12.7. The molecule has 3 rings (SSSR count). The van der Waals surface area contributed by atoms with Crippen LogP contribution in [-0.2, 0) is 6.54 Å². The highest BCUT2D eigenvalue weighted by molar-refractivity contribution is 6.33. The molecular weight excluding hydrogens is 282 g/mol. The first-order valence-corrected chi connectivity index (χ1v) is 8.57. The molecule has 2 aliphatic heterocycles. The van der Waals surface area contributed by atoms with E-state index >= 15 is 0 Å². The smallest absolute Gasteiger partial charge is 0.0638 e. The maximum atomic E-state index is 6.10. The molecule has 0 unspecified atom stereocenters. The third kappa shape index (κ3) is 4.12. The van der Waals surface area contributed by atoms with Gasteiger partial charge >= 0.3 is 0 Å². The molecule has 1 aromatic rings. The topological polar surface area (TPSA) is 32.5 Å². The Morgan fingerprint density at radius 2 is 1.76 bits per heavy atom. The van der Waals surface area contributed by atoms with E-state index in [1.54, 1.807) is 0 Å². The first-order chi connectivity index (χ1) is 10.2. The zero-order valence-corrected chi connectivity index (χ0v) is 13.5. The van der Waals surface area contributed by atoms with Crippen molar-refractivity contribution in [2.75, 3.05) is 38.5 Å². The van der Waals surface area contributed by atoms with Gasteiger partial charge in [-0.25, -0.2) is 0 Å². The van der Waals surface area contributed by atoms with Crippen molar-refractivity contribution in [3.63, 3.8) is 0 Å². The van der Waals surface area contributed by atoms with Crippen LogP contribution in [0.15, 0.2) is 18.2 Å². The van der Waals surface area contributed by atoms with Crippen LogP contribution in [0.25, 0.3) is 0 Å². The monoisotopic (exact) mass is 307 g/mol. The van der Waals surface area contributed by atoms with Gasteiger partial charge < -0.3 is 10.6 Å². The molecule has 0 aromatic heterocycles. The van der Waals surface area contributed by atoms with E-state index in [2.05, 4.69) is 15.9 Å². The van der Waals surface area contributed by atoms with Gasteiger partial charge in [0.05, 0.1) is 10.7 Å². The first kappa shape index (κ1) is 15.1. The normalized spacial score (nSPS) is 22.0. The molecule has 0 saturated carbocycles. The number of hydrogen-bond acceptors (Lipinski definition) is 3. The van der Waals surface area contributed by atoms with Gasteiger partial charge in [0.2, 0.25) is 0 Å². The Balaban J connectivity index is 1.45. The lowest BCUT2D eigenvalue weighted by Crippen LogP contribution is -2.37. The van der Waals surface area contributed by atoms with Gasteiger partial charge in [-0.05, 0) is 75.5 Å². The van der Waals surface area contributed by atoms with E-state index in [0.717, 1.165) is 12.5 Å². The minimum absolute atomic E-state index is 0.671. The fourth-order valence-electron chi connectivity index (χ4n) is 3.58. The minimum atomic E-state index is 0.671. The number of benzene rings is 1. The van der Waals surface area contributed by atoms with Gasteiger partial charge in [-0.1, -0.05) is 17.7 Å². The molecule has 4 heteroatoms. The third-order valence-electron chi connectivity index (χ3n) is 4.89. The van der Waals surface area contributed by atoms with E-state index in [1.807, 2.05) is 12.1 Å². The van der Waals surface area contributed by atoms with Gasteiger partial charge in [-0.2, -0.15) is 0 Å². The van der Waals surface area contributed by atoms with Crippen LogP contribution in [0.2, 0.25) is 5.02 Å². The molecule has 2 fully saturated rings. The quantitative estimate of drug-likeness (QED) is 0.867. The lowest BCUT2D eigenvalue weighted by atomic mass is 9.96. The molecule has 2 N–H and O–H groups in total. The standard InChI is InChI=1S/C17H26ClN3/c18-16-11-15(3-4-17(16)19)13-21-9-5-14(6-10-21)12-20-7-1-2-8-20/h3-4,11,14H,1-2,5-10,12-13,19H2. The van der Waals surface area contributed by atoms with Crippen molar-refractivity contribution in [3.8, 4) is 0 Å². The number of rotatable bonds is 4. The second-order valence-electron chi connectivity index (χ2n) is 6.58. The molecule has 0 amide bonds. The average molecular weight is 308 g/mol. The van der Waals surface area contributed by atoms with Gasteiger partial charge in [0.15, 0.2) is 0 Å². The number of halogens is 1. The van der Waals surface area contributed by atoms with Crippen molar-refractivity contribution in [3.05, 3.63) is 28.8 Å². The summed E-state index contributed by atoms with van der Waals surface area (Å²) < 4.78 is 0. The van der Waals surface area contributed by atoms with E-state index in [-0.39, 0.29) is 0 Å². The van der Waals surface area contributed by atoms with Gasteiger partial charge in [0.25, 0.3) is 0 Å². The van der Waals surface area contributed by atoms with Gasteiger partial charge in [0.1, 0.15) is 0 Å². The molecule has 0 spiro atoms. The maximum Gasteiger partial charge on any atom is 0.0638 e. The Labute approximate surface area is 133 Å². The molecule has 0 bridgehead atoms. The number of piperidine rings is 1. The predicted octanol–water partition coefficient (Wildman–Crippen LogP) is 3.23. The van der Waals surface area contributed by atoms with Crippen molar-refractivity contribution in [2.24, 2.45) is 5.92 Å². The zero-order chi connectivity index (χ0) is 14.7. The fourth-order valence-corrected chi connectivity index (χ4v) is 3.79. The molecule has 2 heterocycles. The molecular formula is C17H26ClN3. The number of nitrogen functional groups attached to an aromatic ring is 1. The molecule has 0 atom stereocenters. The molecule has 2 saturated heterocycles. The summed E-state index contributed by atoms with van der Waals surface area (Å²) in [5.41, 5.74) is 7.71. The van der Waals surface area contributed by atoms with Crippen LogP contribution < -0.4 is 5.73 Å². The van der Waals surface area contributed by atoms with E-state index in [4.69, 9.17) is 17.3 Å². The molecule has 21 heavy (non-hydrogen) atoms. The maximum absolute atomic E-state index is 6.10. The summed E-state index contributed by atoms with van der Waals surface area (Å²) in [4.78, 5) is 5.20. The van der Waals surface area contributed by atoms with Crippen LogP contribution in [0.1, 0.15) is 31.2 Å². The summed E-state index contributed by atoms with van der Waals surface area (Å²) in [5.74, 6) is 0.898. The van der Waals surface area contributed by atoms with Crippen LogP contribution in [0, 0.1) is 5.92 Å². The van der Waals surface area contributed by atoms with E-state index < -0.39 is 0 Å². The van der Waals surface area contributed by atoms with Crippen molar-refractivity contribution in [2.45, 2.75) is 32.2 Å². The van der Waals surface area contributed by atoms with E-state index in [0.29, 0.717) is 10.7 Å². The summed E-state index contributed by atoms with van der Waals surface area (Å²) in [6, 6.07) is 6.02. The largest absolute Gasteiger partial charge is 0.398 e. The van der Waals surface area contributed by atoms with Gasteiger partial charge in [-0.3, -0.25) is 4.90 Å². The molecule has 0 aliphatic carbocycles. The lowest BCUT2D eigenvalue weighted by Gasteiger charge is -2.33. The number of likely N-dealkylation sites (tertiary alicyclic amines) is 2. The van der Waals surface area contributed by atoms with Crippen LogP contribution >= 0.6 is 11.6 Å². The number of hydrogen-bond donors (Lipinski definition) is 1. The Morgan fingerprint density at radius 1 is 1.05 bits per heavy atom. The van der Waals surface area contributed by atoms with E-state index in [1.165, 1.54) is 64.0 Å². The summed E-state index contributed by atoms with van der Waals surface area (Å²) in [7, 11) is 0. The number of nitrogens with two attached hydrogens (primary N) is 1. The summed E-state index contributed by atoms with van der Waals surface area (Å²) in [5, 5.41) is 0.677. The third-order valence-corrected chi connectivity index (χ3v) is 5.22. The van der Waals surface area contributed by atoms with Crippen LogP contribution in [-0.4, -0.2) is 42.5 Å². The van der Waals surface area contributed by atoms with Crippen molar-refractivity contribution >= 4 is 17.3 Å². The molecule has 1 aromatic carbocycles. The Bertz CT molecular complexity index is 463. The molecule has 2 aliphatic rings. The summed E-state index contributed by atoms with van der Waals surface area (Å²) >= 11 is 6.10. The van der Waals surface area contributed by atoms with Gasteiger partial charge in [0, 0.05) is 13.1 Å². The fraction of sp³-hybridized carbons (Fsp3) is 0.647. The molecule has 0 radical (unpaired) electrons. The average Bonchev–Trinajstić information content (AvgIpc) is 2.98. The van der Waals surface area contributed by atoms with Crippen molar-refractivity contribution < 1.29 is 0 Å². The second kappa shape index (κ2) is 6.99. The summed E-state index contributed by atoms with van der Waals surface area (Å²) in [6.07, 6.45) is 5.46. The first-order valence-electron chi connectivity index (χ1n) is 8.19. The van der Waals surface area contributed by atoms with Crippen molar-refractivity contribution in [1.29, 1.82) is 0 Å². The van der Waals surface area contributed by atoms with E-state index in [9.17, 15) is 0 Å². The minimum Gasteiger partial charge on any atom is -0.398 e. The summed E-state index contributed by atoms with van der Waals surface area (Å²) in [6.45, 7) is 7.38. The Hall–Kier alpha value is -0.770. The van der Waals surface area contributed by atoms with Crippen LogP contribution in [0.4, 0.5) is 5.69 Å². The van der Waals surface area contributed by atoms with Gasteiger partial charge in [-0.15, -0.1) is 0 Å². The number of anilines is 1. The highest BCUT2D eigenvalue weighted by Crippen LogP contribution is 2.24. The highest BCUT2D eigenvalue weighted by Gasteiger charge is 2.22. The molecule has 3 nitrogen and oxygen atoms in total. The second-order valence-corrected chi connectivity index (χ2v) is 6.99. The predicted molar refractivity (Wildman–Crippen MR) is 89.5 cm³/mol. The Morgan fingerprint density at radius 3 is 2.43 bits per heavy atom. The van der Waals surface area contributed by atoms with Crippen LogP contribution in [0.3, 0.4) is 0 Å². The SMILES string of the molecule is Nc1ccc(CN2CCC(CN3CCCC3)CC2)cc1Cl.